The highest BCUT2D eigenvalue weighted by molar-refractivity contribution is 7.89. The van der Waals surface area contributed by atoms with Crippen LogP contribution in [0.3, 0.4) is 0 Å². The Labute approximate surface area is 136 Å². The molecular formula is C15H21N3O4S. The van der Waals surface area contributed by atoms with Crippen LogP contribution >= 0.6 is 0 Å². The number of pyridine rings is 1. The second-order valence-electron chi connectivity index (χ2n) is 6.00. The molecule has 0 aliphatic carbocycles. The smallest absolute Gasteiger partial charge is 0.230 e. The molecule has 1 N–H and O–H groups in total. The molecule has 1 aromatic heterocycles. The van der Waals surface area contributed by atoms with E-state index in [0.29, 0.717) is 25.1 Å². The van der Waals surface area contributed by atoms with Crippen molar-refractivity contribution in [3.05, 3.63) is 24.5 Å². The molecule has 2 bridgehead atoms. The third kappa shape index (κ3) is 3.54. The molecule has 126 valence electrons. The lowest BCUT2D eigenvalue weighted by Crippen LogP contribution is -2.48. The SMILES string of the molecule is CCCS(=O)(=O)N1C[C@H]2C[C@H](C(=O)Nc3cccnc3)[C@@H](C1)O2. The first-order chi connectivity index (χ1) is 11.0. The second-order valence-corrected chi connectivity index (χ2v) is 8.09. The van der Waals surface area contributed by atoms with Gasteiger partial charge in [-0.05, 0) is 25.0 Å². The van der Waals surface area contributed by atoms with Gasteiger partial charge in [-0.3, -0.25) is 9.78 Å². The summed E-state index contributed by atoms with van der Waals surface area (Å²) in [6.45, 7) is 2.44. The van der Waals surface area contributed by atoms with Crippen molar-refractivity contribution in [2.45, 2.75) is 32.0 Å². The van der Waals surface area contributed by atoms with Gasteiger partial charge in [0.2, 0.25) is 15.9 Å². The number of aromatic nitrogens is 1. The molecule has 3 rings (SSSR count). The van der Waals surface area contributed by atoms with Crippen LogP contribution in [0, 0.1) is 5.92 Å². The summed E-state index contributed by atoms with van der Waals surface area (Å²) in [4.78, 5) is 16.4. The molecule has 2 aliphatic rings. The normalized spacial score (nSPS) is 27.8. The van der Waals surface area contributed by atoms with Gasteiger partial charge in [-0.1, -0.05) is 6.92 Å². The van der Waals surface area contributed by atoms with Crippen molar-refractivity contribution in [2.24, 2.45) is 5.92 Å². The zero-order valence-corrected chi connectivity index (χ0v) is 13.8. The van der Waals surface area contributed by atoms with Crippen LogP contribution in [0.15, 0.2) is 24.5 Å². The van der Waals surface area contributed by atoms with E-state index in [9.17, 15) is 13.2 Å². The van der Waals surface area contributed by atoms with Crippen molar-refractivity contribution in [3.63, 3.8) is 0 Å². The minimum absolute atomic E-state index is 0.138. The zero-order chi connectivity index (χ0) is 16.4. The fourth-order valence-electron chi connectivity index (χ4n) is 3.18. The Morgan fingerprint density at radius 3 is 3.00 bits per heavy atom. The molecule has 0 saturated carbocycles. The highest BCUT2D eigenvalue weighted by atomic mass is 32.2. The largest absolute Gasteiger partial charge is 0.371 e. The van der Waals surface area contributed by atoms with Gasteiger partial charge in [-0.25, -0.2) is 8.42 Å². The number of ether oxygens (including phenoxy) is 1. The first-order valence-corrected chi connectivity index (χ1v) is 9.44. The Balaban J connectivity index is 1.67. The Kier molecular flexibility index (Phi) is 4.65. The molecule has 1 aromatic rings. The third-order valence-corrected chi connectivity index (χ3v) is 6.25. The lowest BCUT2D eigenvalue weighted by atomic mass is 9.99. The Morgan fingerprint density at radius 1 is 1.48 bits per heavy atom. The van der Waals surface area contributed by atoms with Crippen LogP contribution in [-0.4, -0.2) is 54.7 Å². The van der Waals surface area contributed by atoms with Crippen LogP contribution in [0.4, 0.5) is 5.69 Å². The standard InChI is InChI=1S/C15H21N3O4S/c1-2-6-23(20,21)18-9-12-7-13(14(10-18)22-12)15(19)17-11-4-3-5-16-8-11/h3-5,8,12-14H,2,6-7,9-10H2,1H3,(H,17,19)/t12-,13+,14-/m1/s1. The van der Waals surface area contributed by atoms with E-state index >= 15 is 0 Å². The van der Waals surface area contributed by atoms with Crippen LogP contribution < -0.4 is 5.32 Å². The number of fused-ring (bicyclic) bond motifs is 2. The van der Waals surface area contributed by atoms with Crippen LogP contribution in [-0.2, 0) is 19.6 Å². The molecule has 8 heteroatoms. The molecule has 0 aromatic carbocycles. The van der Waals surface area contributed by atoms with Gasteiger partial charge in [0.25, 0.3) is 0 Å². The third-order valence-electron chi connectivity index (χ3n) is 4.25. The van der Waals surface area contributed by atoms with Crippen LogP contribution in [0.1, 0.15) is 19.8 Å². The van der Waals surface area contributed by atoms with Crippen LogP contribution in [0.5, 0.6) is 0 Å². The number of amides is 1. The lowest BCUT2D eigenvalue weighted by Gasteiger charge is -2.31. The van der Waals surface area contributed by atoms with Crippen molar-refractivity contribution in [1.82, 2.24) is 9.29 Å². The van der Waals surface area contributed by atoms with E-state index in [1.54, 1.807) is 24.5 Å². The second kappa shape index (κ2) is 6.54. The fourth-order valence-corrected chi connectivity index (χ4v) is 4.73. The summed E-state index contributed by atoms with van der Waals surface area (Å²) >= 11 is 0. The van der Waals surface area contributed by atoms with Gasteiger partial charge in [0.05, 0.1) is 35.8 Å². The number of sulfonamides is 1. The van der Waals surface area contributed by atoms with E-state index in [2.05, 4.69) is 10.3 Å². The molecule has 2 fully saturated rings. The van der Waals surface area contributed by atoms with Gasteiger partial charge < -0.3 is 10.1 Å². The minimum Gasteiger partial charge on any atom is -0.371 e. The van der Waals surface area contributed by atoms with Crippen molar-refractivity contribution < 1.29 is 17.9 Å². The van der Waals surface area contributed by atoms with Crippen molar-refractivity contribution in [2.75, 3.05) is 24.2 Å². The highest BCUT2D eigenvalue weighted by Crippen LogP contribution is 2.33. The number of hydrogen-bond donors (Lipinski definition) is 1. The maximum Gasteiger partial charge on any atom is 0.230 e. The molecule has 3 atom stereocenters. The van der Waals surface area contributed by atoms with Crippen LogP contribution in [0.25, 0.3) is 0 Å². The average Bonchev–Trinajstić information content (AvgIpc) is 2.82. The summed E-state index contributed by atoms with van der Waals surface area (Å²) in [5.74, 6) is -0.332. The molecule has 23 heavy (non-hydrogen) atoms. The Hall–Kier alpha value is -1.51. The Bertz CT molecular complexity index is 665. The summed E-state index contributed by atoms with van der Waals surface area (Å²) in [5.41, 5.74) is 0.634. The fraction of sp³-hybridized carbons (Fsp3) is 0.600. The predicted molar refractivity (Wildman–Crippen MR) is 85.3 cm³/mol. The van der Waals surface area contributed by atoms with E-state index in [-0.39, 0.29) is 36.3 Å². The molecule has 3 heterocycles. The maximum atomic E-state index is 12.5. The predicted octanol–water partition coefficient (Wildman–Crippen LogP) is 0.849. The number of anilines is 1. The number of carbonyl (C=O) groups excluding carboxylic acids is 1. The molecule has 0 spiro atoms. The zero-order valence-electron chi connectivity index (χ0n) is 13.0. The molecule has 1 amide bonds. The van der Waals surface area contributed by atoms with E-state index in [0.717, 1.165) is 0 Å². The number of nitrogens with one attached hydrogen (secondary N) is 1. The summed E-state index contributed by atoms with van der Waals surface area (Å²) in [6, 6.07) is 3.52. The van der Waals surface area contributed by atoms with Crippen molar-refractivity contribution in [1.29, 1.82) is 0 Å². The van der Waals surface area contributed by atoms with Crippen molar-refractivity contribution >= 4 is 21.6 Å². The van der Waals surface area contributed by atoms with E-state index < -0.39 is 10.0 Å². The first kappa shape index (κ1) is 16.4. The number of hydrogen-bond acceptors (Lipinski definition) is 5. The molecular weight excluding hydrogens is 318 g/mol. The molecule has 0 radical (unpaired) electrons. The van der Waals surface area contributed by atoms with Gasteiger partial charge in [0.1, 0.15) is 0 Å². The number of nitrogens with zero attached hydrogens (tertiary/aromatic N) is 2. The van der Waals surface area contributed by atoms with E-state index in [1.807, 2.05) is 6.92 Å². The molecule has 0 unspecified atom stereocenters. The van der Waals surface area contributed by atoms with Crippen LogP contribution in [0.2, 0.25) is 0 Å². The lowest BCUT2D eigenvalue weighted by molar-refractivity contribution is -0.122. The molecule has 2 saturated heterocycles. The molecule has 7 nitrogen and oxygen atoms in total. The van der Waals surface area contributed by atoms with Gasteiger partial charge in [0, 0.05) is 19.3 Å². The highest BCUT2D eigenvalue weighted by Gasteiger charge is 2.47. The van der Waals surface area contributed by atoms with Gasteiger partial charge >= 0.3 is 0 Å². The number of carbonyl (C=O) groups is 1. The monoisotopic (exact) mass is 339 g/mol. The summed E-state index contributed by atoms with van der Waals surface area (Å²) in [7, 11) is -3.26. The van der Waals surface area contributed by atoms with Crippen molar-refractivity contribution in [3.8, 4) is 0 Å². The summed E-state index contributed by atoms with van der Waals surface area (Å²) < 4.78 is 31.7. The number of rotatable bonds is 5. The Morgan fingerprint density at radius 2 is 2.30 bits per heavy atom. The van der Waals surface area contributed by atoms with Gasteiger partial charge in [-0.2, -0.15) is 4.31 Å². The first-order valence-electron chi connectivity index (χ1n) is 7.84. The topological polar surface area (TPSA) is 88.6 Å². The molecule has 2 aliphatic heterocycles. The van der Waals surface area contributed by atoms with E-state index in [4.69, 9.17) is 4.74 Å². The maximum absolute atomic E-state index is 12.5. The quantitative estimate of drug-likeness (QED) is 0.859. The minimum atomic E-state index is -3.26. The number of morpholine rings is 1. The van der Waals surface area contributed by atoms with E-state index in [1.165, 1.54) is 4.31 Å². The summed E-state index contributed by atoms with van der Waals surface area (Å²) in [6.07, 6.45) is 3.77. The van der Waals surface area contributed by atoms with Gasteiger partial charge in [-0.15, -0.1) is 0 Å². The summed E-state index contributed by atoms with van der Waals surface area (Å²) in [5, 5.41) is 2.83. The average molecular weight is 339 g/mol. The van der Waals surface area contributed by atoms with Gasteiger partial charge in [0.15, 0.2) is 0 Å².